The van der Waals surface area contributed by atoms with E-state index in [1.165, 1.54) is 64.2 Å². The van der Waals surface area contributed by atoms with Crippen molar-refractivity contribution in [2.45, 2.75) is 96.8 Å². The van der Waals surface area contributed by atoms with Gasteiger partial charge in [0.1, 0.15) is 0 Å². The lowest BCUT2D eigenvalue weighted by Gasteiger charge is -1.99. The van der Waals surface area contributed by atoms with Crippen molar-refractivity contribution in [3.8, 4) is 0 Å². The van der Waals surface area contributed by atoms with Crippen molar-refractivity contribution in [2.24, 2.45) is 0 Å². The minimum Gasteiger partial charge on any atom is -0.301 e. The van der Waals surface area contributed by atoms with Crippen molar-refractivity contribution in [1.82, 2.24) is 0 Å². The molecule has 3 heteroatoms. The average Bonchev–Trinajstić information content (AvgIpc) is 2.50. The number of allylic oxidation sites excluding steroid dienone is 2. The van der Waals surface area contributed by atoms with Crippen LogP contribution in [0.25, 0.3) is 0 Å². The number of hydrogen-bond acceptors (Lipinski definition) is 3. The standard InChI is InChI=1S/C18H34O3/c1-2-3-4-5-6-7-8-9-10-11-12-13-14-15-16-17-18(19)21-20/h9-10,20H,2-8,11-17H2,1H3. The lowest BCUT2D eigenvalue weighted by atomic mass is 10.1. The topological polar surface area (TPSA) is 46.5 Å². The maximum Gasteiger partial charge on any atom is 0.342 e. The summed E-state index contributed by atoms with van der Waals surface area (Å²) in [7, 11) is 0. The number of rotatable bonds is 15. The molecular formula is C18H34O3. The smallest absolute Gasteiger partial charge is 0.301 e. The summed E-state index contributed by atoms with van der Waals surface area (Å²) >= 11 is 0. The molecule has 0 fully saturated rings. The van der Waals surface area contributed by atoms with Crippen LogP contribution in [-0.2, 0) is 9.68 Å². The molecule has 0 aliphatic rings. The quantitative estimate of drug-likeness (QED) is 0.173. The van der Waals surface area contributed by atoms with Crippen LogP contribution in [-0.4, -0.2) is 11.2 Å². The van der Waals surface area contributed by atoms with Gasteiger partial charge < -0.3 is 4.89 Å². The average molecular weight is 298 g/mol. The van der Waals surface area contributed by atoms with Gasteiger partial charge in [0.15, 0.2) is 0 Å². The molecule has 0 amide bonds. The normalized spacial score (nSPS) is 11.1. The summed E-state index contributed by atoms with van der Waals surface area (Å²) in [4.78, 5) is 14.3. The Bertz CT molecular complexity index is 249. The second-order valence-electron chi connectivity index (χ2n) is 5.80. The Labute approximate surface area is 130 Å². The molecule has 0 aromatic rings. The minimum absolute atomic E-state index is 0.328. The lowest BCUT2D eigenvalue weighted by molar-refractivity contribution is -0.234. The van der Waals surface area contributed by atoms with Gasteiger partial charge in [0.2, 0.25) is 0 Å². The fourth-order valence-electron chi connectivity index (χ4n) is 2.39. The van der Waals surface area contributed by atoms with Crippen molar-refractivity contribution in [3.63, 3.8) is 0 Å². The predicted octanol–water partition coefficient (Wildman–Crippen LogP) is 6.04. The summed E-state index contributed by atoms with van der Waals surface area (Å²) < 4.78 is 0. The summed E-state index contributed by atoms with van der Waals surface area (Å²) in [6.45, 7) is 2.26. The molecule has 0 aliphatic heterocycles. The number of unbranched alkanes of at least 4 members (excludes halogenated alkanes) is 11. The molecule has 124 valence electrons. The SMILES string of the molecule is CCCCCCCCC=CCCCCCCCC(=O)OO. The Hall–Kier alpha value is -0.830. The molecule has 0 saturated carbocycles. The molecule has 0 atom stereocenters. The molecule has 1 N–H and O–H groups in total. The van der Waals surface area contributed by atoms with Gasteiger partial charge in [-0.3, -0.25) is 0 Å². The van der Waals surface area contributed by atoms with Crippen LogP contribution in [0.15, 0.2) is 12.2 Å². The van der Waals surface area contributed by atoms with Gasteiger partial charge in [-0.2, -0.15) is 5.26 Å². The second-order valence-corrected chi connectivity index (χ2v) is 5.80. The molecule has 0 saturated heterocycles. The monoisotopic (exact) mass is 298 g/mol. The molecule has 0 aromatic carbocycles. The van der Waals surface area contributed by atoms with E-state index in [0.29, 0.717) is 6.42 Å². The molecule has 21 heavy (non-hydrogen) atoms. The minimum atomic E-state index is -0.521. The van der Waals surface area contributed by atoms with Crippen LogP contribution in [0, 0.1) is 0 Å². The fourth-order valence-corrected chi connectivity index (χ4v) is 2.39. The van der Waals surface area contributed by atoms with Gasteiger partial charge in [0, 0.05) is 6.42 Å². The van der Waals surface area contributed by atoms with Crippen LogP contribution in [0.3, 0.4) is 0 Å². The molecule has 3 nitrogen and oxygen atoms in total. The zero-order valence-corrected chi connectivity index (χ0v) is 13.8. The number of carbonyl (C=O) groups is 1. The molecule has 0 heterocycles. The van der Waals surface area contributed by atoms with Crippen LogP contribution >= 0.6 is 0 Å². The first kappa shape index (κ1) is 20.2. The highest BCUT2D eigenvalue weighted by Gasteiger charge is 2.00. The molecular weight excluding hydrogens is 264 g/mol. The first-order valence-corrected chi connectivity index (χ1v) is 8.80. The van der Waals surface area contributed by atoms with E-state index >= 15 is 0 Å². The third-order valence-electron chi connectivity index (χ3n) is 3.74. The van der Waals surface area contributed by atoms with Crippen molar-refractivity contribution in [1.29, 1.82) is 0 Å². The fraction of sp³-hybridized carbons (Fsp3) is 0.833. The summed E-state index contributed by atoms with van der Waals surface area (Å²) in [6.07, 6.45) is 21.1. The van der Waals surface area contributed by atoms with Crippen molar-refractivity contribution in [3.05, 3.63) is 12.2 Å². The van der Waals surface area contributed by atoms with E-state index in [2.05, 4.69) is 24.0 Å². The van der Waals surface area contributed by atoms with E-state index in [1.54, 1.807) is 0 Å². The second kappa shape index (κ2) is 17.2. The van der Waals surface area contributed by atoms with Gasteiger partial charge in [0.25, 0.3) is 0 Å². The van der Waals surface area contributed by atoms with Crippen molar-refractivity contribution >= 4 is 5.97 Å². The molecule has 0 radical (unpaired) electrons. The zero-order chi connectivity index (χ0) is 15.6. The first-order valence-electron chi connectivity index (χ1n) is 8.80. The van der Waals surface area contributed by atoms with E-state index in [-0.39, 0.29) is 0 Å². The van der Waals surface area contributed by atoms with E-state index < -0.39 is 5.97 Å². The van der Waals surface area contributed by atoms with Gasteiger partial charge in [-0.1, -0.05) is 70.4 Å². The molecule has 0 unspecified atom stereocenters. The predicted molar refractivity (Wildman–Crippen MR) is 88.2 cm³/mol. The maximum atomic E-state index is 10.7. The summed E-state index contributed by atoms with van der Waals surface area (Å²) in [5.41, 5.74) is 0. The van der Waals surface area contributed by atoms with Crippen LogP contribution in [0.4, 0.5) is 0 Å². The van der Waals surface area contributed by atoms with Gasteiger partial charge >= 0.3 is 5.97 Å². The van der Waals surface area contributed by atoms with Gasteiger partial charge in [-0.15, -0.1) is 0 Å². The highest BCUT2D eigenvalue weighted by molar-refractivity contribution is 5.68. The van der Waals surface area contributed by atoms with E-state index in [4.69, 9.17) is 5.26 Å². The summed E-state index contributed by atoms with van der Waals surface area (Å²) in [5.74, 6) is -0.521. The van der Waals surface area contributed by atoms with Crippen LogP contribution in [0.5, 0.6) is 0 Å². The van der Waals surface area contributed by atoms with Crippen LogP contribution < -0.4 is 0 Å². The van der Waals surface area contributed by atoms with Crippen LogP contribution in [0.2, 0.25) is 0 Å². The Kier molecular flexibility index (Phi) is 16.5. The lowest BCUT2D eigenvalue weighted by Crippen LogP contribution is -1.99. The number of hydrogen-bond donors (Lipinski definition) is 1. The Balaban J connectivity index is 3.10. The Morgan fingerprint density at radius 2 is 1.29 bits per heavy atom. The largest absolute Gasteiger partial charge is 0.342 e. The molecule has 0 rings (SSSR count). The Morgan fingerprint density at radius 1 is 0.810 bits per heavy atom. The van der Waals surface area contributed by atoms with Gasteiger partial charge in [-0.05, 0) is 32.1 Å². The summed E-state index contributed by atoms with van der Waals surface area (Å²) in [5, 5.41) is 8.09. The molecule has 0 bridgehead atoms. The first-order chi connectivity index (χ1) is 10.3. The zero-order valence-electron chi connectivity index (χ0n) is 13.8. The molecule has 0 spiro atoms. The van der Waals surface area contributed by atoms with Crippen LogP contribution in [0.1, 0.15) is 96.8 Å². The van der Waals surface area contributed by atoms with Crippen molar-refractivity contribution < 1.29 is 14.9 Å². The molecule has 0 aliphatic carbocycles. The molecule has 0 aromatic heterocycles. The summed E-state index contributed by atoms with van der Waals surface area (Å²) in [6, 6.07) is 0. The highest BCUT2D eigenvalue weighted by Crippen LogP contribution is 2.10. The highest BCUT2D eigenvalue weighted by atomic mass is 17.1. The van der Waals surface area contributed by atoms with E-state index in [9.17, 15) is 4.79 Å². The maximum absolute atomic E-state index is 10.7. The van der Waals surface area contributed by atoms with E-state index in [1.807, 2.05) is 0 Å². The third-order valence-corrected chi connectivity index (χ3v) is 3.74. The van der Waals surface area contributed by atoms with Gasteiger partial charge in [0.05, 0.1) is 0 Å². The Morgan fingerprint density at radius 3 is 1.81 bits per heavy atom. The number of carbonyl (C=O) groups excluding carboxylic acids is 1. The van der Waals surface area contributed by atoms with Gasteiger partial charge in [-0.25, -0.2) is 4.79 Å². The van der Waals surface area contributed by atoms with E-state index in [0.717, 1.165) is 19.3 Å². The van der Waals surface area contributed by atoms with Crippen molar-refractivity contribution in [2.75, 3.05) is 0 Å². The third kappa shape index (κ3) is 17.1.